The van der Waals surface area contributed by atoms with Gasteiger partial charge in [-0.15, -0.1) is 0 Å². The van der Waals surface area contributed by atoms with Crippen molar-refractivity contribution >= 4 is 16.7 Å². The third kappa shape index (κ3) is 2.93. The summed E-state index contributed by atoms with van der Waals surface area (Å²) in [4.78, 5) is 14.4. The molecule has 0 bridgehead atoms. The van der Waals surface area contributed by atoms with E-state index in [9.17, 15) is 4.79 Å². The van der Waals surface area contributed by atoms with Gasteiger partial charge in [-0.25, -0.2) is 0 Å². The van der Waals surface area contributed by atoms with E-state index in [0.29, 0.717) is 6.54 Å². The van der Waals surface area contributed by atoms with E-state index >= 15 is 0 Å². The Bertz CT molecular complexity index is 647. The molecule has 3 heteroatoms. The van der Waals surface area contributed by atoms with Crippen molar-refractivity contribution in [3.8, 4) is 0 Å². The summed E-state index contributed by atoms with van der Waals surface area (Å²) in [5, 5.41) is 2.45. The highest BCUT2D eigenvalue weighted by Crippen LogP contribution is 2.27. The number of nitrogens with two attached hydrogens (primary N) is 1. The lowest BCUT2D eigenvalue weighted by Crippen LogP contribution is -2.32. The second-order valence-corrected chi connectivity index (χ2v) is 6.10. The van der Waals surface area contributed by atoms with Crippen molar-refractivity contribution in [2.24, 2.45) is 11.7 Å². The van der Waals surface area contributed by atoms with Gasteiger partial charge in [-0.3, -0.25) is 4.79 Å². The molecule has 0 saturated heterocycles. The first-order valence-corrected chi connectivity index (χ1v) is 7.62. The zero-order valence-electron chi connectivity index (χ0n) is 12.5. The topological polar surface area (TPSA) is 46.3 Å². The summed E-state index contributed by atoms with van der Waals surface area (Å²) >= 11 is 0. The van der Waals surface area contributed by atoms with Crippen LogP contribution in [-0.4, -0.2) is 23.9 Å². The number of nitrogens with zero attached hydrogens (tertiary/aromatic N) is 1. The second kappa shape index (κ2) is 5.86. The Labute approximate surface area is 125 Å². The average Bonchev–Trinajstić information content (AvgIpc) is 2.93. The molecule has 1 amide bonds. The summed E-state index contributed by atoms with van der Waals surface area (Å²) in [6.07, 6.45) is 2.73. The van der Waals surface area contributed by atoms with Crippen LogP contribution < -0.4 is 5.73 Å². The molecule has 2 unspecified atom stereocenters. The van der Waals surface area contributed by atoms with Crippen molar-refractivity contribution in [2.75, 3.05) is 7.05 Å². The van der Waals surface area contributed by atoms with Crippen molar-refractivity contribution < 1.29 is 4.79 Å². The highest BCUT2D eigenvalue weighted by molar-refractivity contribution is 5.86. The Morgan fingerprint density at radius 2 is 1.95 bits per heavy atom. The molecule has 1 aliphatic rings. The van der Waals surface area contributed by atoms with Crippen molar-refractivity contribution in [1.82, 2.24) is 4.90 Å². The first-order valence-electron chi connectivity index (χ1n) is 7.62. The normalized spacial score (nSPS) is 21.6. The lowest BCUT2D eigenvalue weighted by Gasteiger charge is -2.22. The molecule has 2 aromatic carbocycles. The van der Waals surface area contributed by atoms with Crippen LogP contribution in [-0.2, 0) is 11.3 Å². The molecule has 0 radical (unpaired) electrons. The van der Waals surface area contributed by atoms with Gasteiger partial charge in [0, 0.05) is 25.6 Å². The SMILES string of the molecule is CN(Cc1cccc2ccccc12)C(=O)C1CCC(N)C1. The highest BCUT2D eigenvalue weighted by atomic mass is 16.2. The maximum atomic E-state index is 12.5. The summed E-state index contributed by atoms with van der Waals surface area (Å²) < 4.78 is 0. The molecule has 0 spiro atoms. The molecule has 2 atom stereocenters. The highest BCUT2D eigenvalue weighted by Gasteiger charge is 2.29. The van der Waals surface area contributed by atoms with Crippen LogP contribution in [0.2, 0.25) is 0 Å². The molecule has 110 valence electrons. The van der Waals surface area contributed by atoms with E-state index in [1.807, 2.05) is 24.1 Å². The van der Waals surface area contributed by atoms with Gasteiger partial charge in [-0.2, -0.15) is 0 Å². The summed E-state index contributed by atoms with van der Waals surface area (Å²) in [7, 11) is 1.90. The first-order chi connectivity index (χ1) is 10.1. The quantitative estimate of drug-likeness (QED) is 0.941. The van der Waals surface area contributed by atoms with E-state index in [2.05, 4.69) is 30.3 Å². The molecule has 2 aromatic rings. The molecule has 0 heterocycles. The van der Waals surface area contributed by atoms with E-state index in [0.717, 1.165) is 19.3 Å². The van der Waals surface area contributed by atoms with Gasteiger partial charge >= 0.3 is 0 Å². The van der Waals surface area contributed by atoms with Crippen LogP contribution in [0.1, 0.15) is 24.8 Å². The minimum Gasteiger partial charge on any atom is -0.341 e. The summed E-state index contributed by atoms with van der Waals surface area (Å²) in [6, 6.07) is 14.8. The van der Waals surface area contributed by atoms with Gasteiger partial charge in [-0.05, 0) is 35.6 Å². The van der Waals surface area contributed by atoms with Gasteiger partial charge in [0.25, 0.3) is 0 Å². The van der Waals surface area contributed by atoms with Crippen LogP contribution in [0.3, 0.4) is 0 Å². The van der Waals surface area contributed by atoms with E-state index < -0.39 is 0 Å². The van der Waals surface area contributed by atoms with E-state index in [1.54, 1.807) is 0 Å². The van der Waals surface area contributed by atoms with Gasteiger partial charge in [0.05, 0.1) is 0 Å². The molecule has 3 nitrogen and oxygen atoms in total. The summed E-state index contributed by atoms with van der Waals surface area (Å²) in [6.45, 7) is 0.659. The Kier molecular flexibility index (Phi) is 3.93. The van der Waals surface area contributed by atoms with Crippen molar-refractivity contribution in [3.63, 3.8) is 0 Å². The molecule has 1 saturated carbocycles. The summed E-state index contributed by atoms with van der Waals surface area (Å²) in [5.41, 5.74) is 7.12. The Morgan fingerprint density at radius 1 is 1.19 bits per heavy atom. The molecular formula is C18H22N2O. The number of amides is 1. The van der Waals surface area contributed by atoms with Crippen molar-refractivity contribution in [1.29, 1.82) is 0 Å². The summed E-state index contributed by atoms with van der Waals surface area (Å²) in [5.74, 6) is 0.343. The number of hydrogen-bond acceptors (Lipinski definition) is 2. The van der Waals surface area contributed by atoms with Crippen LogP contribution in [0.5, 0.6) is 0 Å². The lowest BCUT2D eigenvalue weighted by molar-refractivity contribution is -0.134. The molecule has 1 aliphatic carbocycles. The molecule has 0 aliphatic heterocycles. The van der Waals surface area contributed by atoms with Crippen LogP contribution >= 0.6 is 0 Å². The number of carbonyl (C=O) groups is 1. The molecular weight excluding hydrogens is 260 g/mol. The minimum atomic E-state index is 0.111. The third-order valence-electron chi connectivity index (χ3n) is 4.49. The molecule has 21 heavy (non-hydrogen) atoms. The van der Waals surface area contributed by atoms with E-state index in [4.69, 9.17) is 5.73 Å². The van der Waals surface area contributed by atoms with Gasteiger partial charge in [0.2, 0.25) is 5.91 Å². The van der Waals surface area contributed by atoms with Crippen molar-refractivity contribution in [2.45, 2.75) is 31.8 Å². The first kappa shape index (κ1) is 14.1. The Balaban J connectivity index is 1.77. The second-order valence-electron chi connectivity index (χ2n) is 6.10. The maximum absolute atomic E-state index is 12.5. The fraction of sp³-hybridized carbons (Fsp3) is 0.389. The van der Waals surface area contributed by atoms with Crippen LogP contribution in [0.15, 0.2) is 42.5 Å². The van der Waals surface area contributed by atoms with Crippen LogP contribution in [0.4, 0.5) is 0 Å². The fourth-order valence-corrected chi connectivity index (χ4v) is 3.32. The number of rotatable bonds is 3. The largest absolute Gasteiger partial charge is 0.341 e. The van der Waals surface area contributed by atoms with Gasteiger partial charge in [0.15, 0.2) is 0 Å². The Hall–Kier alpha value is -1.87. The van der Waals surface area contributed by atoms with Gasteiger partial charge < -0.3 is 10.6 Å². The Morgan fingerprint density at radius 3 is 2.71 bits per heavy atom. The predicted octanol–water partition coefficient (Wildman–Crippen LogP) is 2.93. The number of benzene rings is 2. The standard InChI is InChI=1S/C18H22N2O/c1-20(18(21)14-9-10-16(19)11-14)12-15-7-4-6-13-5-2-3-8-17(13)15/h2-8,14,16H,9-12,19H2,1H3. The van der Waals surface area contributed by atoms with Crippen molar-refractivity contribution in [3.05, 3.63) is 48.0 Å². The number of fused-ring (bicyclic) bond motifs is 1. The maximum Gasteiger partial charge on any atom is 0.225 e. The number of carbonyl (C=O) groups excluding carboxylic acids is 1. The van der Waals surface area contributed by atoms with Gasteiger partial charge in [-0.1, -0.05) is 42.5 Å². The predicted molar refractivity (Wildman–Crippen MR) is 85.7 cm³/mol. The van der Waals surface area contributed by atoms with E-state index in [1.165, 1.54) is 16.3 Å². The molecule has 3 rings (SSSR count). The number of hydrogen-bond donors (Lipinski definition) is 1. The monoisotopic (exact) mass is 282 g/mol. The molecule has 1 fully saturated rings. The van der Waals surface area contributed by atoms with E-state index in [-0.39, 0.29) is 17.9 Å². The van der Waals surface area contributed by atoms with Crippen LogP contribution in [0.25, 0.3) is 10.8 Å². The van der Waals surface area contributed by atoms with Crippen LogP contribution in [0, 0.1) is 5.92 Å². The van der Waals surface area contributed by atoms with Gasteiger partial charge in [0.1, 0.15) is 0 Å². The fourth-order valence-electron chi connectivity index (χ4n) is 3.32. The minimum absolute atomic E-state index is 0.111. The average molecular weight is 282 g/mol. The zero-order chi connectivity index (χ0) is 14.8. The molecule has 0 aromatic heterocycles. The molecule has 2 N–H and O–H groups in total. The third-order valence-corrected chi connectivity index (χ3v) is 4.49. The lowest BCUT2D eigenvalue weighted by atomic mass is 10.0. The smallest absolute Gasteiger partial charge is 0.225 e. The zero-order valence-corrected chi connectivity index (χ0v) is 12.5.